The lowest BCUT2D eigenvalue weighted by Gasteiger charge is -2.35. The van der Waals surface area contributed by atoms with Gasteiger partial charge in [-0.15, -0.1) is 0 Å². The summed E-state index contributed by atoms with van der Waals surface area (Å²) in [7, 11) is 1.70. The number of carbonyl (C=O) groups is 1. The van der Waals surface area contributed by atoms with E-state index in [0.717, 1.165) is 70.8 Å². The summed E-state index contributed by atoms with van der Waals surface area (Å²) in [5.74, 6) is 1.18. The summed E-state index contributed by atoms with van der Waals surface area (Å²) in [6.07, 6.45) is 6.32. The Morgan fingerprint density at radius 3 is 2.58 bits per heavy atom. The number of aryl methyl sites for hydroxylation is 1. The molecule has 5 nitrogen and oxygen atoms in total. The third-order valence-corrected chi connectivity index (χ3v) is 5.50. The highest BCUT2D eigenvalue weighted by atomic mass is 16.5. The molecule has 2 aliphatic rings. The molecule has 0 N–H and O–H groups in total. The van der Waals surface area contributed by atoms with Gasteiger partial charge in [0.1, 0.15) is 5.75 Å². The lowest BCUT2D eigenvalue weighted by molar-refractivity contribution is -0.136. The molecule has 26 heavy (non-hydrogen) atoms. The molecule has 2 fully saturated rings. The van der Waals surface area contributed by atoms with E-state index in [-0.39, 0.29) is 12.0 Å². The zero-order chi connectivity index (χ0) is 18.2. The number of piperazine rings is 1. The van der Waals surface area contributed by atoms with Crippen molar-refractivity contribution in [1.29, 1.82) is 0 Å². The van der Waals surface area contributed by atoms with Gasteiger partial charge >= 0.3 is 0 Å². The van der Waals surface area contributed by atoms with E-state index < -0.39 is 0 Å². The predicted octanol–water partition coefficient (Wildman–Crippen LogP) is 2.73. The number of amides is 1. The molecule has 1 amide bonds. The Morgan fingerprint density at radius 1 is 1.15 bits per heavy atom. The van der Waals surface area contributed by atoms with Gasteiger partial charge in [0.2, 0.25) is 5.91 Å². The Bertz CT molecular complexity index is 547. The summed E-state index contributed by atoms with van der Waals surface area (Å²) in [6.45, 7) is 5.60. The van der Waals surface area contributed by atoms with Crippen LogP contribution in [0.3, 0.4) is 0 Å². The predicted molar refractivity (Wildman–Crippen MR) is 103 cm³/mol. The van der Waals surface area contributed by atoms with E-state index in [0.29, 0.717) is 6.42 Å². The summed E-state index contributed by atoms with van der Waals surface area (Å²) >= 11 is 0. The maximum Gasteiger partial charge on any atom is 0.225 e. The molecule has 2 heterocycles. The van der Waals surface area contributed by atoms with Gasteiger partial charge in [-0.2, -0.15) is 0 Å². The molecule has 0 spiro atoms. The maximum absolute atomic E-state index is 12.4. The van der Waals surface area contributed by atoms with Gasteiger partial charge in [0.05, 0.1) is 19.6 Å². The molecule has 1 aromatic rings. The van der Waals surface area contributed by atoms with Gasteiger partial charge < -0.3 is 14.4 Å². The van der Waals surface area contributed by atoms with Crippen LogP contribution in [0.4, 0.5) is 0 Å². The number of benzene rings is 1. The van der Waals surface area contributed by atoms with Crippen molar-refractivity contribution in [3.8, 4) is 5.75 Å². The first-order chi connectivity index (χ1) is 12.7. The second-order valence-electron chi connectivity index (χ2n) is 7.37. The van der Waals surface area contributed by atoms with E-state index in [1.807, 2.05) is 17.0 Å². The molecular weight excluding hydrogens is 328 g/mol. The normalized spacial score (nSPS) is 21.6. The van der Waals surface area contributed by atoms with Gasteiger partial charge in [-0.3, -0.25) is 9.69 Å². The monoisotopic (exact) mass is 360 g/mol. The molecule has 1 atom stereocenters. The molecule has 5 heteroatoms. The summed E-state index contributed by atoms with van der Waals surface area (Å²) < 4.78 is 10.9. The molecule has 0 aliphatic carbocycles. The van der Waals surface area contributed by atoms with Gasteiger partial charge in [0, 0.05) is 32.8 Å². The van der Waals surface area contributed by atoms with E-state index in [9.17, 15) is 4.79 Å². The van der Waals surface area contributed by atoms with Crippen LogP contribution in [0.1, 0.15) is 37.7 Å². The SMILES string of the molecule is COc1ccc(CCCN2CCN(C(=O)CC3CCCCO3)CC2)cc1. The molecule has 0 saturated carbocycles. The fourth-order valence-electron chi connectivity index (χ4n) is 3.81. The van der Waals surface area contributed by atoms with E-state index in [1.165, 1.54) is 12.0 Å². The lowest BCUT2D eigenvalue weighted by atomic mass is 10.1. The average molecular weight is 360 g/mol. The molecule has 2 aliphatic heterocycles. The van der Waals surface area contributed by atoms with Crippen LogP contribution >= 0.6 is 0 Å². The average Bonchev–Trinajstić information content (AvgIpc) is 2.70. The van der Waals surface area contributed by atoms with Crippen LogP contribution in [0.25, 0.3) is 0 Å². The zero-order valence-corrected chi connectivity index (χ0v) is 16.0. The first-order valence-electron chi connectivity index (χ1n) is 9.99. The molecule has 3 rings (SSSR count). The van der Waals surface area contributed by atoms with Crippen LogP contribution in [0.5, 0.6) is 5.75 Å². The minimum Gasteiger partial charge on any atom is -0.497 e. The lowest BCUT2D eigenvalue weighted by Crippen LogP contribution is -2.49. The highest BCUT2D eigenvalue weighted by Gasteiger charge is 2.24. The van der Waals surface area contributed by atoms with E-state index in [2.05, 4.69) is 17.0 Å². The summed E-state index contributed by atoms with van der Waals surface area (Å²) in [5, 5.41) is 0. The van der Waals surface area contributed by atoms with E-state index >= 15 is 0 Å². The fourth-order valence-corrected chi connectivity index (χ4v) is 3.81. The Hall–Kier alpha value is -1.59. The maximum atomic E-state index is 12.4. The number of ether oxygens (including phenoxy) is 2. The van der Waals surface area contributed by atoms with Crippen molar-refractivity contribution >= 4 is 5.91 Å². The Kier molecular flexibility index (Phi) is 7.32. The highest BCUT2D eigenvalue weighted by molar-refractivity contribution is 5.76. The quantitative estimate of drug-likeness (QED) is 0.750. The van der Waals surface area contributed by atoms with Crippen molar-refractivity contribution in [1.82, 2.24) is 9.80 Å². The van der Waals surface area contributed by atoms with Crippen LogP contribution < -0.4 is 4.74 Å². The Labute approximate surface area is 157 Å². The van der Waals surface area contributed by atoms with Crippen molar-refractivity contribution in [2.75, 3.05) is 46.4 Å². The smallest absolute Gasteiger partial charge is 0.225 e. The third-order valence-electron chi connectivity index (χ3n) is 5.50. The van der Waals surface area contributed by atoms with Gasteiger partial charge in [0.25, 0.3) is 0 Å². The minimum atomic E-state index is 0.152. The first-order valence-corrected chi connectivity index (χ1v) is 9.99. The van der Waals surface area contributed by atoms with Crippen LogP contribution in [-0.2, 0) is 16.0 Å². The van der Waals surface area contributed by atoms with E-state index in [1.54, 1.807) is 7.11 Å². The van der Waals surface area contributed by atoms with Crippen molar-refractivity contribution in [2.24, 2.45) is 0 Å². The van der Waals surface area contributed by atoms with E-state index in [4.69, 9.17) is 9.47 Å². The summed E-state index contributed by atoms with van der Waals surface area (Å²) in [4.78, 5) is 16.9. The number of hydrogen-bond donors (Lipinski definition) is 0. The van der Waals surface area contributed by atoms with Crippen molar-refractivity contribution < 1.29 is 14.3 Å². The molecule has 144 valence electrons. The molecule has 0 bridgehead atoms. The Morgan fingerprint density at radius 2 is 1.92 bits per heavy atom. The topological polar surface area (TPSA) is 42.0 Å². The third kappa shape index (κ3) is 5.71. The Balaban J connectivity index is 1.32. The molecule has 1 unspecified atom stereocenters. The summed E-state index contributed by atoms with van der Waals surface area (Å²) in [5.41, 5.74) is 1.35. The molecule has 2 saturated heterocycles. The highest BCUT2D eigenvalue weighted by Crippen LogP contribution is 2.17. The number of nitrogens with zero attached hydrogens (tertiary/aromatic N) is 2. The van der Waals surface area contributed by atoms with Crippen LogP contribution in [0.2, 0.25) is 0 Å². The zero-order valence-electron chi connectivity index (χ0n) is 16.0. The second kappa shape index (κ2) is 9.93. The molecule has 0 radical (unpaired) electrons. The molecule has 1 aromatic carbocycles. The van der Waals surface area contributed by atoms with Gasteiger partial charge in [-0.1, -0.05) is 12.1 Å². The van der Waals surface area contributed by atoms with Crippen LogP contribution in [0.15, 0.2) is 24.3 Å². The molecule has 0 aromatic heterocycles. The summed E-state index contributed by atoms with van der Waals surface area (Å²) in [6, 6.07) is 8.33. The van der Waals surface area contributed by atoms with Crippen molar-refractivity contribution in [3.05, 3.63) is 29.8 Å². The number of rotatable bonds is 7. The van der Waals surface area contributed by atoms with Gasteiger partial charge in [-0.05, 0) is 56.3 Å². The fraction of sp³-hybridized carbons (Fsp3) is 0.667. The number of methoxy groups -OCH3 is 1. The van der Waals surface area contributed by atoms with Crippen molar-refractivity contribution in [2.45, 2.75) is 44.6 Å². The van der Waals surface area contributed by atoms with Gasteiger partial charge in [0.15, 0.2) is 0 Å². The van der Waals surface area contributed by atoms with Crippen LogP contribution in [-0.4, -0.2) is 68.3 Å². The second-order valence-corrected chi connectivity index (χ2v) is 7.37. The standard InChI is InChI=1S/C21H32N2O3/c1-25-19-9-7-18(8-10-19)5-4-11-22-12-14-23(15-13-22)21(24)17-20-6-2-3-16-26-20/h7-10,20H,2-6,11-17H2,1H3. The van der Waals surface area contributed by atoms with Gasteiger partial charge in [-0.25, -0.2) is 0 Å². The largest absolute Gasteiger partial charge is 0.497 e. The molecular formula is C21H32N2O3. The first kappa shape index (κ1) is 19.2. The number of carbonyl (C=O) groups excluding carboxylic acids is 1. The van der Waals surface area contributed by atoms with Crippen molar-refractivity contribution in [3.63, 3.8) is 0 Å². The van der Waals surface area contributed by atoms with Crippen LogP contribution in [0, 0.1) is 0 Å². The number of hydrogen-bond acceptors (Lipinski definition) is 4. The minimum absolute atomic E-state index is 0.152.